The standard InChI is InChI=1S/C18H25NO4/c1-11(2)8-15-18(21)19(7-6-16(20)22-5)14-10-12(3)9-13(4)17(14)23-15/h9-11,15H,6-8H2,1-5H3. The van der Waals surface area contributed by atoms with Crippen LogP contribution in [0.15, 0.2) is 12.1 Å². The van der Waals surface area contributed by atoms with Gasteiger partial charge in [0.15, 0.2) is 6.10 Å². The minimum atomic E-state index is -0.499. The molecule has 0 radical (unpaired) electrons. The summed E-state index contributed by atoms with van der Waals surface area (Å²) in [5, 5.41) is 0. The minimum Gasteiger partial charge on any atom is -0.478 e. The predicted octanol–water partition coefficient (Wildman–Crippen LogP) is 3.01. The SMILES string of the molecule is COC(=O)CCN1C(=O)C(CC(C)C)Oc2c(C)cc(C)cc21. The van der Waals surface area contributed by atoms with Crippen molar-refractivity contribution in [3.05, 3.63) is 23.3 Å². The van der Waals surface area contributed by atoms with E-state index in [1.165, 1.54) is 7.11 Å². The topological polar surface area (TPSA) is 55.8 Å². The maximum Gasteiger partial charge on any atom is 0.307 e. The van der Waals surface area contributed by atoms with E-state index in [1.807, 2.05) is 26.0 Å². The number of amides is 1. The molecule has 2 rings (SSSR count). The summed E-state index contributed by atoms with van der Waals surface area (Å²) < 4.78 is 10.7. The van der Waals surface area contributed by atoms with Gasteiger partial charge in [0.05, 0.1) is 19.2 Å². The highest BCUT2D eigenvalue weighted by Crippen LogP contribution is 2.39. The van der Waals surface area contributed by atoms with Gasteiger partial charge in [0.25, 0.3) is 5.91 Å². The van der Waals surface area contributed by atoms with Crippen LogP contribution < -0.4 is 9.64 Å². The van der Waals surface area contributed by atoms with E-state index >= 15 is 0 Å². The Morgan fingerprint density at radius 2 is 2.04 bits per heavy atom. The smallest absolute Gasteiger partial charge is 0.307 e. The first kappa shape index (κ1) is 17.3. The fourth-order valence-electron chi connectivity index (χ4n) is 2.88. The van der Waals surface area contributed by atoms with Crippen molar-refractivity contribution in [2.24, 2.45) is 5.92 Å². The number of carbonyl (C=O) groups excluding carboxylic acids is 2. The maximum absolute atomic E-state index is 12.8. The van der Waals surface area contributed by atoms with E-state index in [0.29, 0.717) is 18.9 Å². The zero-order chi connectivity index (χ0) is 17.1. The van der Waals surface area contributed by atoms with Gasteiger partial charge in [-0.1, -0.05) is 19.9 Å². The number of aryl methyl sites for hydroxylation is 2. The Kier molecular flexibility index (Phi) is 5.29. The molecule has 1 aliphatic rings. The van der Waals surface area contributed by atoms with Gasteiger partial charge >= 0.3 is 5.97 Å². The molecule has 1 aliphatic heterocycles. The molecule has 1 amide bonds. The second-order valence-electron chi connectivity index (χ2n) is 6.48. The van der Waals surface area contributed by atoms with Gasteiger partial charge in [0, 0.05) is 6.54 Å². The molecule has 0 saturated carbocycles. The van der Waals surface area contributed by atoms with Gasteiger partial charge in [-0.05, 0) is 43.4 Å². The molecule has 0 saturated heterocycles. The highest BCUT2D eigenvalue weighted by Gasteiger charge is 2.35. The van der Waals surface area contributed by atoms with Crippen LogP contribution >= 0.6 is 0 Å². The van der Waals surface area contributed by atoms with E-state index in [-0.39, 0.29) is 18.3 Å². The Morgan fingerprint density at radius 3 is 2.65 bits per heavy atom. The second-order valence-corrected chi connectivity index (χ2v) is 6.48. The molecule has 0 bridgehead atoms. The van der Waals surface area contributed by atoms with E-state index < -0.39 is 6.10 Å². The Labute approximate surface area is 137 Å². The number of hydrogen-bond donors (Lipinski definition) is 0. The largest absolute Gasteiger partial charge is 0.478 e. The van der Waals surface area contributed by atoms with Gasteiger partial charge in [-0.2, -0.15) is 0 Å². The lowest BCUT2D eigenvalue weighted by Gasteiger charge is -2.36. The van der Waals surface area contributed by atoms with Crippen molar-refractivity contribution in [3.8, 4) is 5.75 Å². The number of carbonyl (C=O) groups is 2. The molecular weight excluding hydrogens is 294 g/mol. The predicted molar refractivity (Wildman–Crippen MR) is 88.8 cm³/mol. The van der Waals surface area contributed by atoms with Crippen molar-refractivity contribution in [1.82, 2.24) is 0 Å². The van der Waals surface area contributed by atoms with Gasteiger partial charge in [-0.15, -0.1) is 0 Å². The molecule has 5 heteroatoms. The van der Waals surface area contributed by atoms with Crippen LogP contribution in [-0.4, -0.2) is 31.6 Å². The highest BCUT2D eigenvalue weighted by molar-refractivity contribution is 6.00. The summed E-state index contributed by atoms with van der Waals surface area (Å²) in [7, 11) is 1.35. The van der Waals surface area contributed by atoms with Crippen LogP contribution in [0.5, 0.6) is 5.75 Å². The minimum absolute atomic E-state index is 0.0832. The van der Waals surface area contributed by atoms with Crippen molar-refractivity contribution in [2.75, 3.05) is 18.6 Å². The molecule has 5 nitrogen and oxygen atoms in total. The lowest BCUT2D eigenvalue weighted by Crippen LogP contribution is -2.47. The summed E-state index contributed by atoms with van der Waals surface area (Å²) in [6.07, 6.45) is 0.324. The zero-order valence-corrected chi connectivity index (χ0v) is 14.5. The molecule has 1 aromatic rings. The number of benzene rings is 1. The van der Waals surface area contributed by atoms with Crippen LogP contribution in [-0.2, 0) is 14.3 Å². The second kappa shape index (κ2) is 7.02. The molecule has 0 N–H and O–H groups in total. The van der Waals surface area contributed by atoms with E-state index in [0.717, 1.165) is 22.6 Å². The van der Waals surface area contributed by atoms with Gasteiger partial charge < -0.3 is 14.4 Å². The summed E-state index contributed by atoms with van der Waals surface area (Å²) in [6.45, 7) is 8.39. The summed E-state index contributed by atoms with van der Waals surface area (Å²) in [5.41, 5.74) is 2.81. The molecule has 1 heterocycles. The Morgan fingerprint density at radius 1 is 1.35 bits per heavy atom. The van der Waals surface area contributed by atoms with Crippen LogP contribution in [0.25, 0.3) is 0 Å². The van der Waals surface area contributed by atoms with Crippen LogP contribution in [0.2, 0.25) is 0 Å². The first-order chi connectivity index (χ1) is 10.8. The number of nitrogens with zero attached hydrogens (tertiary/aromatic N) is 1. The number of methoxy groups -OCH3 is 1. The average molecular weight is 319 g/mol. The summed E-state index contributed by atoms with van der Waals surface area (Å²) in [5.74, 6) is 0.681. The van der Waals surface area contributed by atoms with E-state index in [1.54, 1.807) is 4.90 Å². The number of anilines is 1. The van der Waals surface area contributed by atoms with Gasteiger partial charge in [-0.3, -0.25) is 9.59 Å². The highest BCUT2D eigenvalue weighted by atomic mass is 16.5. The number of hydrogen-bond acceptors (Lipinski definition) is 4. The van der Waals surface area contributed by atoms with Crippen molar-refractivity contribution in [3.63, 3.8) is 0 Å². The number of fused-ring (bicyclic) bond motifs is 1. The summed E-state index contributed by atoms with van der Waals surface area (Å²) >= 11 is 0. The van der Waals surface area contributed by atoms with Gasteiger partial charge in [0.1, 0.15) is 5.75 Å². The Hall–Kier alpha value is -2.04. The molecule has 0 aliphatic carbocycles. The maximum atomic E-state index is 12.8. The van der Waals surface area contributed by atoms with E-state index in [9.17, 15) is 9.59 Å². The average Bonchev–Trinajstić information content (AvgIpc) is 2.47. The van der Waals surface area contributed by atoms with Crippen molar-refractivity contribution in [2.45, 2.75) is 46.6 Å². The third-order valence-electron chi connectivity index (χ3n) is 3.94. The zero-order valence-electron chi connectivity index (χ0n) is 14.5. The normalized spacial score (nSPS) is 17.0. The van der Waals surface area contributed by atoms with Gasteiger partial charge in [-0.25, -0.2) is 0 Å². The van der Waals surface area contributed by atoms with Crippen LogP contribution in [0.3, 0.4) is 0 Å². The first-order valence-electron chi connectivity index (χ1n) is 7.99. The number of rotatable bonds is 5. The third-order valence-corrected chi connectivity index (χ3v) is 3.94. The van der Waals surface area contributed by atoms with Crippen LogP contribution in [0, 0.1) is 19.8 Å². The lowest BCUT2D eigenvalue weighted by atomic mass is 10.0. The van der Waals surface area contributed by atoms with Crippen LogP contribution in [0.4, 0.5) is 5.69 Å². The van der Waals surface area contributed by atoms with Gasteiger partial charge in [0.2, 0.25) is 0 Å². The Bertz CT molecular complexity index is 609. The molecule has 0 aromatic heterocycles. The summed E-state index contributed by atoms with van der Waals surface area (Å²) in [4.78, 5) is 25.9. The molecule has 0 fully saturated rings. The Balaban J connectivity index is 2.37. The van der Waals surface area contributed by atoms with Crippen molar-refractivity contribution in [1.29, 1.82) is 0 Å². The number of esters is 1. The first-order valence-corrected chi connectivity index (χ1v) is 7.99. The fraction of sp³-hybridized carbons (Fsp3) is 0.556. The molecular formula is C18H25NO4. The molecule has 1 aromatic carbocycles. The third kappa shape index (κ3) is 3.84. The molecule has 1 atom stereocenters. The van der Waals surface area contributed by atoms with Crippen molar-refractivity contribution >= 4 is 17.6 Å². The number of ether oxygens (including phenoxy) is 2. The summed E-state index contributed by atoms with van der Waals surface area (Å²) in [6, 6.07) is 3.97. The van der Waals surface area contributed by atoms with E-state index in [2.05, 4.69) is 13.8 Å². The molecule has 23 heavy (non-hydrogen) atoms. The molecule has 126 valence electrons. The van der Waals surface area contributed by atoms with E-state index in [4.69, 9.17) is 9.47 Å². The molecule has 1 unspecified atom stereocenters. The monoisotopic (exact) mass is 319 g/mol. The fourth-order valence-corrected chi connectivity index (χ4v) is 2.88. The lowest BCUT2D eigenvalue weighted by molar-refractivity contribution is -0.140. The molecule has 0 spiro atoms. The van der Waals surface area contributed by atoms with Crippen molar-refractivity contribution < 1.29 is 19.1 Å². The quantitative estimate of drug-likeness (QED) is 0.783. The van der Waals surface area contributed by atoms with Crippen LogP contribution in [0.1, 0.15) is 37.8 Å².